The third kappa shape index (κ3) is 3.48. The fraction of sp³-hybridized carbons (Fsp3) is 0.385. The van der Waals surface area contributed by atoms with Gasteiger partial charge in [-0.1, -0.05) is 17.7 Å². The number of aliphatic carboxylic acids is 1. The molecule has 1 amide bonds. The molecule has 1 fully saturated rings. The van der Waals surface area contributed by atoms with Crippen molar-refractivity contribution in [3.8, 4) is 0 Å². The molecule has 0 aromatic heterocycles. The van der Waals surface area contributed by atoms with Gasteiger partial charge < -0.3 is 10.0 Å². The van der Waals surface area contributed by atoms with Gasteiger partial charge in [-0.3, -0.25) is 9.59 Å². The van der Waals surface area contributed by atoms with Gasteiger partial charge in [0.15, 0.2) is 0 Å². The Kier molecular flexibility index (Phi) is 4.47. The highest BCUT2D eigenvalue weighted by atomic mass is 79.9. The van der Waals surface area contributed by atoms with Crippen molar-refractivity contribution in [3.05, 3.63) is 33.3 Å². The molecule has 19 heavy (non-hydrogen) atoms. The molecular formula is C13H13BrClNO3. The van der Waals surface area contributed by atoms with Crippen LogP contribution in [0.5, 0.6) is 0 Å². The van der Waals surface area contributed by atoms with Crippen molar-refractivity contribution in [2.24, 2.45) is 0 Å². The standard InChI is InChI=1S/C13H13BrClNO3/c14-10-3-1-2-9(12(10)15)13(19)16(8-4-5-8)7-6-11(17)18/h1-3,8H,4-7H2,(H,17,18). The first-order chi connectivity index (χ1) is 9.00. The van der Waals surface area contributed by atoms with E-state index in [1.165, 1.54) is 0 Å². The minimum atomic E-state index is -0.904. The number of carbonyl (C=O) groups excluding carboxylic acids is 1. The summed E-state index contributed by atoms with van der Waals surface area (Å²) in [6, 6.07) is 5.32. The van der Waals surface area contributed by atoms with E-state index >= 15 is 0 Å². The molecule has 0 bridgehead atoms. The minimum Gasteiger partial charge on any atom is -0.481 e. The smallest absolute Gasteiger partial charge is 0.305 e. The topological polar surface area (TPSA) is 57.6 Å². The first-order valence-electron chi connectivity index (χ1n) is 5.97. The predicted molar refractivity (Wildman–Crippen MR) is 75.5 cm³/mol. The van der Waals surface area contributed by atoms with Gasteiger partial charge in [0.05, 0.1) is 17.0 Å². The maximum absolute atomic E-state index is 12.4. The minimum absolute atomic E-state index is 0.0478. The third-order valence-corrected chi connectivity index (χ3v) is 4.29. The van der Waals surface area contributed by atoms with Crippen LogP contribution >= 0.6 is 27.5 Å². The van der Waals surface area contributed by atoms with Crippen LogP contribution in [0, 0.1) is 0 Å². The summed E-state index contributed by atoms with van der Waals surface area (Å²) in [5.74, 6) is -1.10. The van der Waals surface area contributed by atoms with Crippen molar-refractivity contribution < 1.29 is 14.7 Å². The highest BCUT2D eigenvalue weighted by Gasteiger charge is 2.33. The van der Waals surface area contributed by atoms with Gasteiger partial charge in [0, 0.05) is 17.1 Å². The molecule has 0 saturated heterocycles. The molecule has 1 aromatic rings. The summed E-state index contributed by atoms with van der Waals surface area (Å²) < 4.78 is 0.661. The largest absolute Gasteiger partial charge is 0.481 e. The first-order valence-corrected chi connectivity index (χ1v) is 7.14. The summed E-state index contributed by atoms with van der Waals surface area (Å²) in [5, 5.41) is 9.11. The fourth-order valence-corrected chi connectivity index (χ4v) is 2.45. The third-order valence-electron chi connectivity index (χ3n) is 3.00. The molecule has 1 aliphatic rings. The van der Waals surface area contributed by atoms with Gasteiger partial charge in [0.1, 0.15) is 0 Å². The number of carbonyl (C=O) groups is 2. The normalized spacial score (nSPS) is 14.2. The molecule has 4 nitrogen and oxygen atoms in total. The number of halogens is 2. The number of carboxylic acid groups (broad SMARTS) is 1. The molecule has 102 valence electrons. The highest BCUT2D eigenvalue weighted by molar-refractivity contribution is 9.10. The number of hydrogen-bond acceptors (Lipinski definition) is 2. The van der Waals surface area contributed by atoms with Crippen molar-refractivity contribution in [3.63, 3.8) is 0 Å². The van der Waals surface area contributed by atoms with Gasteiger partial charge in [-0.2, -0.15) is 0 Å². The molecule has 0 spiro atoms. The first kappa shape index (κ1) is 14.3. The average molecular weight is 347 g/mol. The van der Waals surface area contributed by atoms with Crippen molar-refractivity contribution in [1.29, 1.82) is 0 Å². The van der Waals surface area contributed by atoms with E-state index in [1.807, 2.05) is 0 Å². The van der Waals surface area contributed by atoms with Crippen LogP contribution in [0.15, 0.2) is 22.7 Å². The molecule has 1 N–H and O–H groups in total. The Labute approximate surface area is 124 Å². The monoisotopic (exact) mass is 345 g/mol. The van der Waals surface area contributed by atoms with Crippen LogP contribution in [0.4, 0.5) is 0 Å². The van der Waals surface area contributed by atoms with Crippen molar-refractivity contribution in [2.75, 3.05) is 6.54 Å². The van der Waals surface area contributed by atoms with Gasteiger partial charge >= 0.3 is 5.97 Å². The van der Waals surface area contributed by atoms with Crippen LogP contribution in [0.2, 0.25) is 5.02 Å². The van der Waals surface area contributed by atoms with E-state index in [-0.39, 0.29) is 24.9 Å². The zero-order chi connectivity index (χ0) is 14.0. The lowest BCUT2D eigenvalue weighted by molar-refractivity contribution is -0.137. The Bertz CT molecular complexity index is 517. The molecule has 2 rings (SSSR count). The zero-order valence-electron chi connectivity index (χ0n) is 10.1. The SMILES string of the molecule is O=C(O)CCN(C(=O)c1cccc(Br)c1Cl)C1CC1. The lowest BCUT2D eigenvalue weighted by Crippen LogP contribution is -2.35. The van der Waals surface area contributed by atoms with Crippen molar-refractivity contribution >= 4 is 39.4 Å². The summed E-state index contributed by atoms with van der Waals surface area (Å²) in [4.78, 5) is 24.7. The van der Waals surface area contributed by atoms with Crippen LogP contribution in [-0.4, -0.2) is 34.5 Å². The Balaban J connectivity index is 2.19. The molecule has 0 atom stereocenters. The second-order valence-corrected chi connectivity index (χ2v) is 5.71. The number of rotatable bonds is 5. The van der Waals surface area contributed by atoms with E-state index < -0.39 is 5.97 Å². The van der Waals surface area contributed by atoms with E-state index in [2.05, 4.69) is 15.9 Å². The molecule has 0 aliphatic heterocycles. The van der Waals surface area contributed by atoms with Crippen LogP contribution < -0.4 is 0 Å². The summed E-state index contributed by atoms with van der Waals surface area (Å²) >= 11 is 9.39. The maximum atomic E-state index is 12.4. The molecule has 0 heterocycles. The van der Waals surface area contributed by atoms with Crippen LogP contribution in [0.3, 0.4) is 0 Å². The lowest BCUT2D eigenvalue weighted by Gasteiger charge is -2.22. The average Bonchev–Trinajstić information content (AvgIpc) is 3.17. The molecule has 1 aliphatic carbocycles. The molecule has 0 unspecified atom stereocenters. The summed E-state index contributed by atoms with van der Waals surface area (Å²) in [7, 11) is 0. The molecular weight excluding hydrogens is 334 g/mol. The van der Waals surface area contributed by atoms with Crippen LogP contribution in [-0.2, 0) is 4.79 Å². The maximum Gasteiger partial charge on any atom is 0.305 e. The second-order valence-electron chi connectivity index (χ2n) is 4.47. The summed E-state index contributed by atoms with van der Waals surface area (Å²) in [6.45, 7) is 0.224. The van der Waals surface area contributed by atoms with Crippen molar-refractivity contribution in [2.45, 2.75) is 25.3 Å². The quantitative estimate of drug-likeness (QED) is 0.891. The lowest BCUT2D eigenvalue weighted by atomic mass is 10.2. The highest BCUT2D eigenvalue weighted by Crippen LogP contribution is 2.32. The Morgan fingerprint density at radius 3 is 2.68 bits per heavy atom. The molecule has 0 radical (unpaired) electrons. The Hall–Kier alpha value is -1.07. The van der Waals surface area contributed by atoms with Gasteiger partial charge in [0.2, 0.25) is 0 Å². The van der Waals surface area contributed by atoms with Gasteiger partial charge in [-0.05, 0) is 40.9 Å². The Morgan fingerprint density at radius 1 is 1.42 bits per heavy atom. The zero-order valence-corrected chi connectivity index (χ0v) is 12.4. The number of amides is 1. The van der Waals surface area contributed by atoms with Gasteiger partial charge in [0.25, 0.3) is 5.91 Å². The van der Waals surface area contributed by atoms with E-state index in [1.54, 1.807) is 23.1 Å². The van der Waals surface area contributed by atoms with Crippen LogP contribution in [0.1, 0.15) is 29.6 Å². The number of benzene rings is 1. The predicted octanol–water partition coefficient (Wildman–Crippen LogP) is 3.18. The number of carboxylic acids is 1. The van der Waals surface area contributed by atoms with Gasteiger partial charge in [-0.15, -0.1) is 0 Å². The number of hydrogen-bond donors (Lipinski definition) is 1. The Morgan fingerprint density at radius 2 is 2.11 bits per heavy atom. The van der Waals surface area contributed by atoms with Crippen molar-refractivity contribution in [1.82, 2.24) is 4.90 Å². The van der Waals surface area contributed by atoms with E-state index in [0.29, 0.717) is 15.1 Å². The molecule has 1 saturated carbocycles. The molecule has 1 aromatic carbocycles. The van der Waals surface area contributed by atoms with Crippen LogP contribution in [0.25, 0.3) is 0 Å². The molecule has 6 heteroatoms. The van der Waals surface area contributed by atoms with Gasteiger partial charge in [-0.25, -0.2) is 0 Å². The number of nitrogens with zero attached hydrogens (tertiary/aromatic N) is 1. The van der Waals surface area contributed by atoms with E-state index in [9.17, 15) is 9.59 Å². The summed E-state index contributed by atoms with van der Waals surface area (Å²) in [5.41, 5.74) is 0.410. The second kappa shape index (κ2) is 5.92. The fourth-order valence-electron chi connectivity index (χ4n) is 1.88. The summed E-state index contributed by atoms with van der Waals surface area (Å²) in [6.07, 6.45) is 1.81. The van der Waals surface area contributed by atoms with E-state index in [0.717, 1.165) is 12.8 Å². The van der Waals surface area contributed by atoms with E-state index in [4.69, 9.17) is 16.7 Å².